The van der Waals surface area contributed by atoms with Crippen LogP contribution in [-0.4, -0.2) is 27.6 Å². The molecule has 0 saturated carbocycles. The zero-order valence-electron chi connectivity index (χ0n) is 17.3. The van der Waals surface area contributed by atoms with Crippen LogP contribution in [0.3, 0.4) is 0 Å². The number of carbonyl (C=O) groups excluding carboxylic acids is 1. The van der Waals surface area contributed by atoms with Crippen LogP contribution in [0.25, 0.3) is 22.5 Å². The van der Waals surface area contributed by atoms with Gasteiger partial charge in [-0.3, -0.25) is 14.9 Å². The smallest absolute Gasteiger partial charge is 0.252 e. The summed E-state index contributed by atoms with van der Waals surface area (Å²) in [6, 6.07) is 16.5. The van der Waals surface area contributed by atoms with Crippen LogP contribution in [0.1, 0.15) is 28.5 Å². The Morgan fingerprint density at radius 3 is 2.52 bits per heavy atom. The average Bonchev–Trinajstić information content (AvgIpc) is 3.23. The Morgan fingerprint density at radius 2 is 1.79 bits per heavy atom. The van der Waals surface area contributed by atoms with E-state index in [-0.39, 0.29) is 29.9 Å². The minimum Gasteiger partial charge on any atom is -0.344 e. The molecule has 7 nitrogen and oxygen atoms in total. The molecule has 0 aliphatic rings. The third kappa shape index (κ3) is 4.82. The van der Waals surface area contributed by atoms with Crippen LogP contribution >= 0.6 is 0 Å². The fourth-order valence-electron chi connectivity index (χ4n) is 3.50. The molecule has 2 aromatic heterocycles. The lowest BCUT2D eigenvalue weighted by molar-refractivity contribution is 0.0935. The number of aromatic nitrogens is 3. The van der Waals surface area contributed by atoms with E-state index in [9.17, 15) is 14.1 Å². The van der Waals surface area contributed by atoms with E-state index in [0.29, 0.717) is 16.8 Å². The first-order valence-electron chi connectivity index (χ1n) is 10.2. The van der Waals surface area contributed by atoms with Gasteiger partial charge in [0.25, 0.3) is 5.91 Å². The molecule has 0 spiro atoms. The first-order chi connectivity index (χ1) is 16.1. The highest BCUT2D eigenvalue weighted by Gasteiger charge is 2.23. The maximum absolute atomic E-state index is 15.3. The first-order valence-corrected chi connectivity index (χ1v) is 10.2. The number of hydrogen-bond acceptors (Lipinski definition) is 5. The summed E-state index contributed by atoms with van der Waals surface area (Å²) in [5.74, 6) is -1.57. The Balaban J connectivity index is 1.65. The third-order valence-corrected chi connectivity index (χ3v) is 5.12. The molecule has 0 aliphatic carbocycles. The van der Waals surface area contributed by atoms with Crippen molar-refractivity contribution in [3.63, 3.8) is 0 Å². The number of carbonyl (C=O) groups is 1. The monoisotopic (exact) mass is 447 g/mol. The van der Waals surface area contributed by atoms with Gasteiger partial charge in [-0.2, -0.15) is 10.0 Å². The van der Waals surface area contributed by atoms with Gasteiger partial charge in [-0.1, -0.05) is 29.4 Å². The molecule has 0 radical (unpaired) electrons. The molecule has 9 heteroatoms. The lowest BCUT2D eigenvalue weighted by Gasteiger charge is -2.18. The van der Waals surface area contributed by atoms with Crippen molar-refractivity contribution in [3.8, 4) is 22.5 Å². The fourth-order valence-corrected chi connectivity index (χ4v) is 3.50. The fraction of sp³-hybridized carbons (Fsp3) is 0.125. The standard InChI is InChI=1S/C24H19F2N5O2/c25-16-10-8-15(9-11-16)22-21(26)23(31-30-22)17-5-1-2-6-18(17)24(32)29-20(12-14-28-33)19-7-3-4-13-27-19/h1-11,13,20H,12,14H2,(H,29,32)(H,30,31). The topological polar surface area (TPSA) is 100 Å². The van der Waals surface area contributed by atoms with Crippen molar-refractivity contribution >= 4 is 5.91 Å². The van der Waals surface area contributed by atoms with E-state index in [1.54, 1.807) is 48.7 Å². The van der Waals surface area contributed by atoms with Gasteiger partial charge in [0.1, 0.15) is 17.2 Å². The van der Waals surface area contributed by atoms with Gasteiger partial charge < -0.3 is 5.32 Å². The summed E-state index contributed by atoms with van der Waals surface area (Å²) in [6.45, 7) is -0.000621. The molecule has 2 heterocycles. The number of H-pyrrole nitrogens is 1. The van der Waals surface area contributed by atoms with Gasteiger partial charge in [0.15, 0.2) is 5.82 Å². The van der Waals surface area contributed by atoms with E-state index in [2.05, 4.69) is 25.7 Å². The third-order valence-electron chi connectivity index (χ3n) is 5.12. The summed E-state index contributed by atoms with van der Waals surface area (Å²) >= 11 is 0. The van der Waals surface area contributed by atoms with E-state index in [0.717, 1.165) is 0 Å². The van der Waals surface area contributed by atoms with Crippen LogP contribution in [0.2, 0.25) is 0 Å². The van der Waals surface area contributed by atoms with Gasteiger partial charge in [-0.15, -0.1) is 0 Å². The van der Waals surface area contributed by atoms with Crippen molar-refractivity contribution in [1.82, 2.24) is 20.5 Å². The lowest BCUT2D eigenvalue weighted by atomic mass is 10.0. The van der Waals surface area contributed by atoms with Gasteiger partial charge >= 0.3 is 0 Å². The second-order valence-electron chi connectivity index (χ2n) is 7.24. The zero-order valence-corrected chi connectivity index (χ0v) is 17.3. The van der Waals surface area contributed by atoms with Crippen molar-refractivity contribution in [1.29, 1.82) is 0 Å². The zero-order chi connectivity index (χ0) is 23.2. The summed E-state index contributed by atoms with van der Waals surface area (Å²) < 4.78 is 28.5. The molecular weight excluding hydrogens is 428 g/mol. The van der Waals surface area contributed by atoms with E-state index in [1.165, 1.54) is 24.3 Å². The van der Waals surface area contributed by atoms with E-state index in [4.69, 9.17) is 0 Å². The van der Waals surface area contributed by atoms with Gasteiger partial charge in [-0.05, 0) is 48.9 Å². The summed E-state index contributed by atoms with van der Waals surface area (Å²) in [7, 11) is 0. The summed E-state index contributed by atoms with van der Waals surface area (Å²) in [6.07, 6.45) is 1.86. The van der Waals surface area contributed by atoms with E-state index >= 15 is 4.39 Å². The molecule has 33 heavy (non-hydrogen) atoms. The Morgan fingerprint density at radius 1 is 1.03 bits per heavy atom. The molecule has 1 amide bonds. The second-order valence-corrected chi connectivity index (χ2v) is 7.24. The highest BCUT2D eigenvalue weighted by molar-refractivity contribution is 6.01. The maximum atomic E-state index is 15.3. The highest BCUT2D eigenvalue weighted by Crippen LogP contribution is 2.31. The van der Waals surface area contributed by atoms with Crippen molar-refractivity contribution in [3.05, 3.63) is 101 Å². The molecule has 2 N–H and O–H groups in total. The average molecular weight is 447 g/mol. The molecule has 0 saturated heterocycles. The number of hydrogen-bond donors (Lipinski definition) is 2. The number of aromatic amines is 1. The number of nitrogens with zero attached hydrogens (tertiary/aromatic N) is 3. The Hall–Kier alpha value is -4.27. The van der Waals surface area contributed by atoms with Crippen molar-refractivity contribution in [2.24, 2.45) is 5.18 Å². The van der Waals surface area contributed by atoms with Crippen molar-refractivity contribution < 1.29 is 13.6 Å². The number of benzene rings is 2. The SMILES string of the molecule is O=NCCC(NC(=O)c1ccccc1-c1[nH]nc(-c2ccc(F)cc2)c1F)c1ccccn1. The molecular formula is C24H19F2N5O2. The number of rotatable bonds is 8. The molecule has 166 valence electrons. The number of nitroso groups, excluding NO2 is 1. The van der Waals surface area contributed by atoms with Crippen LogP contribution in [0.15, 0.2) is 78.1 Å². The van der Waals surface area contributed by atoms with E-state index in [1.807, 2.05) is 0 Å². The number of pyridine rings is 1. The van der Waals surface area contributed by atoms with Gasteiger partial charge in [-0.25, -0.2) is 8.78 Å². The molecule has 0 fully saturated rings. The van der Waals surface area contributed by atoms with Crippen LogP contribution < -0.4 is 5.32 Å². The molecule has 4 aromatic rings. The van der Waals surface area contributed by atoms with Crippen LogP contribution in [-0.2, 0) is 0 Å². The Bertz CT molecular complexity index is 1260. The molecule has 0 aliphatic heterocycles. The van der Waals surface area contributed by atoms with Gasteiger partial charge in [0.2, 0.25) is 0 Å². The maximum Gasteiger partial charge on any atom is 0.252 e. The normalized spacial score (nSPS) is 11.7. The van der Waals surface area contributed by atoms with Gasteiger partial charge in [0, 0.05) is 22.9 Å². The van der Waals surface area contributed by atoms with Crippen molar-refractivity contribution in [2.75, 3.05) is 6.54 Å². The molecule has 2 aromatic carbocycles. The molecule has 1 unspecified atom stereocenters. The van der Waals surface area contributed by atoms with Crippen LogP contribution in [0.4, 0.5) is 8.78 Å². The Labute approximate surface area is 187 Å². The quantitative estimate of drug-likeness (QED) is 0.369. The summed E-state index contributed by atoms with van der Waals surface area (Å²) in [4.78, 5) is 28.1. The predicted molar refractivity (Wildman–Crippen MR) is 119 cm³/mol. The van der Waals surface area contributed by atoms with Gasteiger partial charge in [0.05, 0.1) is 18.3 Å². The molecule has 4 rings (SSSR count). The minimum absolute atomic E-state index is 0.000621. The largest absolute Gasteiger partial charge is 0.344 e. The highest BCUT2D eigenvalue weighted by atomic mass is 19.1. The lowest BCUT2D eigenvalue weighted by Crippen LogP contribution is -2.30. The predicted octanol–water partition coefficient (Wildman–Crippen LogP) is 5.04. The van der Waals surface area contributed by atoms with Crippen molar-refractivity contribution in [2.45, 2.75) is 12.5 Å². The van der Waals surface area contributed by atoms with Crippen LogP contribution in [0, 0.1) is 16.5 Å². The molecule has 1 atom stereocenters. The second kappa shape index (κ2) is 9.90. The number of amides is 1. The van der Waals surface area contributed by atoms with E-state index < -0.39 is 23.6 Å². The number of nitrogens with one attached hydrogen (secondary N) is 2. The Kier molecular flexibility index (Phi) is 6.58. The summed E-state index contributed by atoms with van der Waals surface area (Å²) in [5, 5.41) is 12.4. The van der Waals surface area contributed by atoms with Crippen LogP contribution in [0.5, 0.6) is 0 Å². The first kappa shape index (κ1) is 21.9. The minimum atomic E-state index is -0.659. The summed E-state index contributed by atoms with van der Waals surface area (Å²) in [5.41, 5.74) is 1.55. The number of halogens is 2. The molecule has 0 bridgehead atoms.